The van der Waals surface area contributed by atoms with Crippen LogP contribution in [0.25, 0.3) is 0 Å². The maximum atomic E-state index is 12.4. The van der Waals surface area contributed by atoms with E-state index < -0.39 is 0 Å². The number of rotatable bonds is 3. The topological polar surface area (TPSA) is 74.7 Å². The molecule has 128 valence electrons. The summed E-state index contributed by atoms with van der Waals surface area (Å²) in [6.07, 6.45) is 2.11. The molecule has 2 amide bonds. The number of halogens is 1. The van der Waals surface area contributed by atoms with Gasteiger partial charge in [0.05, 0.1) is 5.69 Å². The molecule has 3 rings (SSSR count). The summed E-state index contributed by atoms with van der Waals surface area (Å²) in [5, 5.41) is 8.71. The van der Waals surface area contributed by atoms with Crippen molar-refractivity contribution >= 4 is 40.6 Å². The van der Waals surface area contributed by atoms with E-state index in [1.165, 1.54) is 5.01 Å². The Kier molecular flexibility index (Phi) is 4.81. The van der Waals surface area contributed by atoms with Crippen LogP contribution in [0.2, 0.25) is 5.02 Å². The van der Waals surface area contributed by atoms with Gasteiger partial charge in [-0.15, -0.1) is 0 Å². The van der Waals surface area contributed by atoms with Crippen molar-refractivity contribution in [3.8, 4) is 0 Å². The number of hydrogen-bond donors (Lipinski definition) is 1. The van der Waals surface area contributed by atoms with Crippen molar-refractivity contribution in [1.29, 1.82) is 0 Å². The number of carbonyl (C=O) groups excluding carboxylic acids is 2. The van der Waals surface area contributed by atoms with Crippen LogP contribution >= 0.6 is 11.6 Å². The predicted octanol–water partition coefficient (Wildman–Crippen LogP) is 3.47. The van der Waals surface area contributed by atoms with Crippen LogP contribution in [0.3, 0.4) is 0 Å². The Labute approximate surface area is 150 Å². The molecule has 0 unspecified atom stereocenters. The zero-order chi connectivity index (χ0) is 18.0. The second kappa shape index (κ2) is 7.03. The van der Waals surface area contributed by atoms with Crippen molar-refractivity contribution < 1.29 is 9.59 Å². The molecule has 0 fully saturated rings. The van der Waals surface area contributed by atoms with Crippen LogP contribution in [0.4, 0.5) is 11.5 Å². The highest BCUT2D eigenvalue weighted by molar-refractivity contribution is 6.44. The number of carbonyl (C=O) groups is 2. The molecular formula is C18H17ClN4O2. The van der Waals surface area contributed by atoms with Crippen LogP contribution in [-0.4, -0.2) is 22.5 Å². The Morgan fingerprint density at radius 2 is 2.00 bits per heavy atom. The minimum atomic E-state index is -0.367. The number of hydrazone groups is 1. The highest BCUT2D eigenvalue weighted by atomic mass is 35.5. The molecule has 2 aromatic rings. The fourth-order valence-corrected chi connectivity index (χ4v) is 2.60. The van der Waals surface area contributed by atoms with E-state index in [0.717, 1.165) is 11.1 Å². The van der Waals surface area contributed by atoms with E-state index in [0.29, 0.717) is 16.5 Å². The lowest BCUT2D eigenvalue weighted by Crippen LogP contribution is -2.36. The van der Waals surface area contributed by atoms with Gasteiger partial charge in [0.2, 0.25) is 5.91 Å². The average molecular weight is 357 g/mol. The van der Waals surface area contributed by atoms with Crippen LogP contribution in [0.1, 0.15) is 24.0 Å². The molecule has 0 radical (unpaired) electrons. The SMILES string of the molecule is Cc1ccnc(NC(=O)C2=NN(c3ccc(C)c(Cl)c3)C(=O)CC2)c1. The molecule has 25 heavy (non-hydrogen) atoms. The van der Waals surface area contributed by atoms with E-state index in [1.807, 2.05) is 26.0 Å². The van der Waals surface area contributed by atoms with Gasteiger partial charge in [-0.1, -0.05) is 17.7 Å². The summed E-state index contributed by atoms with van der Waals surface area (Å²) in [5.74, 6) is -0.0894. The number of nitrogens with zero attached hydrogens (tertiary/aromatic N) is 3. The number of aromatic nitrogens is 1. The first-order chi connectivity index (χ1) is 11.9. The van der Waals surface area contributed by atoms with Crippen LogP contribution in [0, 0.1) is 13.8 Å². The molecule has 6 nitrogen and oxygen atoms in total. The third kappa shape index (κ3) is 3.85. The van der Waals surface area contributed by atoms with Gasteiger partial charge in [-0.2, -0.15) is 5.10 Å². The number of benzene rings is 1. The molecule has 0 spiro atoms. The zero-order valence-electron chi connectivity index (χ0n) is 13.9. The van der Waals surface area contributed by atoms with E-state index >= 15 is 0 Å². The molecule has 1 aromatic heterocycles. The lowest BCUT2D eigenvalue weighted by molar-refractivity contribution is -0.118. The van der Waals surface area contributed by atoms with Gasteiger partial charge in [-0.3, -0.25) is 9.59 Å². The second-order valence-electron chi connectivity index (χ2n) is 5.86. The number of pyridine rings is 1. The standard InChI is InChI=1S/C18H17ClN4O2/c1-11-7-8-20-16(9-11)21-18(25)15-5-6-17(24)23(22-15)13-4-3-12(2)14(19)10-13/h3-4,7-10H,5-6H2,1-2H3,(H,20,21,25). The summed E-state index contributed by atoms with van der Waals surface area (Å²) in [4.78, 5) is 28.7. The molecule has 0 aliphatic carbocycles. The first-order valence-corrected chi connectivity index (χ1v) is 8.22. The van der Waals surface area contributed by atoms with Gasteiger partial charge in [0.15, 0.2) is 0 Å². The van der Waals surface area contributed by atoms with Crippen LogP contribution in [-0.2, 0) is 9.59 Å². The van der Waals surface area contributed by atoms with Crippen molar-refractivity contribution in [2.45, 2.75) is 26.7 Å². The van der Waals surface area contributed by atoms with Gasteiger partial charge < -0.3 is 5.32 Å². The van der Waals surface area contributed by atoms with E-state index in [4.69, 9.17) is 11.6 Å². The van der Waals surface area contributed by atoms with Crippen LogP contribution in [0.5, 0.6) is 0 Å². The maximum absolute atomic E-state index is 12.4. The van der Waals surface area contributed by atoms with E-state index in [9.17, 15) is 9.59 Å². The van der Waals surface area contributed by atoms with Gasteiger partial charge in [0.25, 0.3) is 5.91 Å². The van der Waals surface area contributed by atoms with E-state index in [-0.39, 0.29) is 30.4 Å². The monoisotopic (exact) mass is 356 g/mol. The third-order valence-electron chi connectivity index (χ3n) is 3.85. The first kappa shape index (κ1) is 17.1. The Bertz CT molecular complexity index is 879. The summed E-state index contributed by atoms with van der Waals surface area (Å²) >= 11 is 6.13. The first-order valence-electron chi connectivity index (χ1n) is 7.84. The maximum Gasteiger partial charge on any atom is 0.273 e. The largest absolute Gasteiger partial charge is 0.305 e. The van der Waals surface area contributed by atoms with Crippen molar-refractivity contribution in [3.05, 3.63) is 52.7 Å². The predicted molar refractivity (Wildman–Crippen MR) is 97.9 cm³/mol. The second-order valence-corrected chi connectivity index (χ2v) is 6.27. The minimum Gasteiger partial charge on any atom is -0.305 e. The molecule has 0 bridgehead atoms. The molecular weight excluding hydrogens is 340 g/mol. The summed E-state index contributed by atoms with van der Waals surface area (Å²) in [6, 6.07) is 8.84. The lowest BCUT2D eigenvalue weighted by Gasteiger charge is -2.23. The number of nitrogens with one attached hydrogen (secondary N) is 1. The lowest BCUT2D eigenvalue weighted by atomic mass is 10.1. The van der Waals surface area contributed by atoms with Gasteiger partial charge in [0, 0.05) is 24.1 Å². The number of anilines is 2. The van der Waals surface area contributed by atoms with E-state index in [2.05, 4.69) is 15.4 Å². The van der Waals surface area contributed by atoms with Crippen LogP contribution < -0.4 is 10.3 Å². The van der Waals surface area contributed by atoms with E-state index in [1.54, 1.807) is 24.4 Å². The van der Waals surface area contributed by atoms with Crippen molar-refractivity contribution in [2.24, 2.45) is 5.10 Å². The summed E-state index contributed by atoms with van der Waals surface area (Å²) in [7, 11) is 0. The number of aryl methyl sites for hydroxylation is 2. The van der Waals surface area contributed by atoms with Gasteiger partial charge in [-0.25, -0.2) is 9.99 Å². The Hall–Kier alpha value is -2.73. The summed E-state index contributed by atoms with van der Waals surface area (Å²) in [5.41, 5.74) is 2.71. The van der Waals surface area contributed by atoms with Gasteiger partial charge in [0.1, 0.15) is 11.5 Å². The fourth-order valence-electron chi connectivity index (χ4n) is 2.42. The minimum absolute atomic E-state index is 0.176. The fraction of sp³-hybridized carbons (Fsp3) is 0.222. The molecule has 1 aliphatic heterocycles. The molecule has 0 saturated carbocycles. The van der Waals surface area contributed by atoms with Crippen molar-refractivity contribution in [1.82, 2.24) is 4.98 Å². The molecule has 1 N–H and O–H groups in total. The molecule has 1 aliphatic rings. The summed E-state index contributed by atoms with van der Waals surface area (Å²) < 4.78 is 0. The smallest absolute Gasteiger partial charge is 0.273 e. The average Bonchev–Trinajstić information content (AvgIpc) is 2.58. The quantitative estimate of drug-likeness (QED) is 0.914. The third-order valence-corrected chi connectivity index (χ3v) is 4.26. The molecule has 0 saturated heterocycles. The van der Waals surface area contributed by atoms with Crippen molar-refractivity contribution in [3.63, 3.8) is 0 Å². The molecule has 7 heteroatoms. The number of hydrogen-bond acceptors (Lipinski definition) is 4. The molecule has 1 aromatic carbocycles. The number of amides is 2. The van der Waals surface area contributed by atoms with Gasteiger partial charge >= 0.3 is 0 Å². The normalized spacial score (nSPS) is 14.3. The molecule has 2 heterocycles. The van der Waals surface area contributed by atoms with Crippen molar-refractivity contribution in [2.75, 3.05) is 10.3 Å². The highest BCUT2D eigenvalue weighted by Gasteiger charge is 2.26. The zero-order valence-corrected chi connectivity index (χ0v) is 14.7. The molecule has 0 atom stereocenters. The summed E-state index contributed by atoms with van der Waals surface area (Å²) in [6.45, 7) is 3.79. The Morgan fingerprint density at radius 3 is 2.72 bits per heavy atom. The van der Waals surface area contributed by atoms with Crippen LogP contribution in [0.15, 0.2) is 41.6 Å². The van der Waals surface area contributed by atoms with Gasteiger partial charge in [-0.05, 0) is 49.2 Å². The highest BCUT2D eigenvalue weighted by Crippen LogP contribution is 2.26. The Balaban J connectivity index is 1.84. The Morgan fingerprint density at radius 1 is 1.20 bits per heavy atom.